The Morgan fingerprint density at radius 2 is 1.75 bits per heavy atom. The quantitative estimate of drug-likeness (QED) is 0.837. The van der Waals surface area contributed by atoms with Gasteiger partial charge in [0.15, 0.2) is 0 Å². The van der Waals surface area contributed by atoms with Gasteiger partial charge in [0.05, 0.1) is 0 Å². The number of carbonyl (C=O) groups excluding carboxylic acids is 1. The second-order valence-electron chi connectivity index (χ2n) is 7.91. The molecule has 1 heterocycles. The number of primary amides is 1. The molecule has 0 saturated carbocycles. The molecule has 0 spiro atoms. The number of rotatable bonds is 5. The van der Waals surface area contributed by atoms with Crippen LogP contribution in [0.2, 0.25) is 0 Å². The van der Waals surface area contributed by atoms with Crippen molar-refractivity contribution in [2.45, 2.75) is 64.4 Å². The minimum absolute atomic E-state index is 0.0555. The molecular weight excluding hydrogens is 304 g/mol. The fourth-order valence-corrected chi connectivity index (χ4v) is 4.23. The zero-order valence-corrected chi connectivity index (χ0v) is 15.4. The number of likely N-dealkylation sites (tertiary alicyclic amines) is 1. The maximum atomic E-state index is 11.1. The number of benzene rings is 1. The van der Waals surface area contributed by atoms with E-state index in [1.807, 2.05) is 6.07 Å². The van der Waals surface area contributed by atoms with Crippen molar-refractivity contribution >= 4 is 6.09 Å². The first kappa shape index (κ1) is 18.7. The Morgan fingerprint density at radius 1 is 1.21 bits per heavy atom. The van der Waals surface area contributed by atoms with Gasteiger partial charge in [-0.2, -0.15) is 0 Å². The molecule has 0 aliphatic carbocycles. The molecule has 1 atom stereocenters. The molecule has 1 amide bonds. The number of nitrogens with zero attached hydrogens (tertiary/aromatic N) is 1. The van der Waals surface area contributed by atoms with Crippen LogP contribution in [-0.4, -0.2) is 35.5 Å². The molecule has 1 aromatic rings. The maximum Gasteiger partial charge on any atom is 0.406 e. The topological polar surface area (TPSA) is 64.8 Å². The predicted octanol–water partition coefficient (Wildman–Crippen LogP) is 3.52. The van der Waals surface area contributed by atoms with Crippen molar-refractivity contribution in [2.75, 3.05) is 7.11 Å². The third kappa shape index (κ3) is 4.28. The molecule has 2 rings (SSSR count). The van der Waals surface area contributed by atoms with Gasteiger partial charge in [0.25, 0.3) is 0 Å². The summed E-state index contributed by atoms with van der Waals surface area (Å²) < 4.78 is 10.6. The molecule has 0 radical (unpaired) electrons. The van der Waals surface area contributed by atoms with Crippen LogP contribution in [-0.2, 0) is 16.0 Å². The number of hydrogen-bond donors (Lipinski definition) is 1. The highest BCUT2D eigenvalue weighted by atomic mass is 16.7. The van der Waals surface area contributed by atoms with E-state index in [-0.39, 0.29) is 17.0 Å². The largest absolute Gasteiger partial charge is 0.419 e. The lowest BCUT2D eigenvalue weighted by Gasteiger charge is -2.56. The molecule has 1 fully saturated rings. The van der Waals surface area contributed by atoms with Crippen molar-refractivity contribution in [3.63, 3.8) is 0 Å². The summed E-state index contributed by atoms with van der Waals surface area (Å²) in [4.78, 5) is 13.7. The van der Waals surface area contributed by atoms with E-state index in [0.29, 0.717) is 0 Å². The Kier molecular flexibility index (Phi) is 5.56. The number of carbonyl (C=O) groups is 1. The standard InChI is InChI=1S/C19H30N2O3/c1-18(2)11-15(16(23-5)24-17(20)22)12-19(3,4)21(18)13-14-9-7-6-8-10-14/h6-10,15-16H,11-13H2,1-5H3,(H2,20,22). The fourth-order valence-electron chi connectivity index (χ4n) is 4.23. The van der Waals surface area contributed by atoms with Crippen molar-refractivity contribution in [2.24, 2.45) is 11.7 Å². The van der Waals surface area contributed by atoms with E-state index < -0.39 is 12.4 Å². The summed E-state index contributed by atoms with van der Waals surface area (Å²) in [6.07, 6.45) is 0.355. The second-order valence-corrected chi connectivity index (χ2v) is 7.91. The van der Waals surface area contributed by atoms with Crippen molar-refractivity contribution in [1.82, 2.24) is 4.90 Å². The summed E-state index contributed by atoms with van der Waals surface area (Å²) in [5, 5.41) is 0. The predicted molar refractivity (Wildman–Crippen MR) is 94.3 cm³/mol. The summed E-state index contributed by atoms with van der Waals surface area (Å²) >= 11 is 0. The van der Waals surface area contributed by atoms with E-state index in [4.69, 9.17) is 15.2 Å². The highest BCUT2D eigenvalue weighted by molar-refractivity contribution is 5.64. The Bertz CT molecular complexity index is 539. The number of amides is 1. The Balaban J connectivity index is 2.20. The molecule has 2 N–H and O–H groups in total. The van der Waals surface area contributed by atoms with Gasteiger partial charge in [-0.3, -0.25) is 4.90 Å². The van der Waals surface area contributed by atoms with Gasteiger partial charge in [-0.15, -0.1) is 0 Å². The van der Waals surface area contributed by atoms with Gasteiger partial charge in [0, 0.05) is 30.7 Å². The molecule has 1 saturated heterocycles. The van der Waals surface area contributed by atoms with Crippen molar-refractivity contribution in [1.29, 1.82) is 0 Å². The number of hydrogen-bond acceptors (Lipinski definition) is 4. The lowest BCUT2D eigenvalue weighted by molar-refractivity contribution is -0.162. The van der Waals surface area contributed by atoms with Crippen molar-refractivity contribution < 1.29 is 14.3 Å². The van der Waals surface area contributed by atoms with E-state index in [2.05, 4.69) is 56.9 Å². The van der Waals surface area contributed by atoms with Crippen LogP contribution in [0.25, 0.3) is 0 Å². The van der Waals surface area contributed by atoms with Crippen LogP contribution >= 0.6 is 0 Å². The summed E-state index contributed by atoms with van der Waals surface area (Å²) in [5.41, 5.74) is 6.38. The number of methoxy groups -OCH3 is 1. The van der Waals surface area contributed by atoms with E-state index in [0.717, 1.165) is 19.4 Å². The lowest BCUT2D eigenvalue weighted by atomic mass is 9.73. The molecule has 24 heavy (non-hydrogen) atoms. The highest BCUT2D eigenvalue weighted by Crippen LogP contribution is 2.44. The van der Waals surface area contributed by atoms with Gasteiger partial charge in [-0.05, 0) is 46.1 Å². The van der Waals surface area contributed by atoms with Gasteiger partial charge < -0.3 is 15.2 Å². The highest BCUT2D eigenvalue weighted by Gasteiger charge is 2.47. The van der Waals surface area contributed by atoms with Crippen LogP contribution in [0.15, 0.2) is 30.3 Å². The maximum absolute atomic E-state index is 11.1. The smallest absolute Gasteiger partial charge is 0.406 e. The fraction of sp³-hybridized carbons (Fsp3) is 0.632. The lowest BCUT2D eigenvalue weighted by Crippen LogP contribution is -2.61. The average Bonchev–Trinajstić information content (AvgIpc) is 2.48. The third-order valence-electron chi connectivity index (χ3n) is 5.02. The first-order valence-corrected chi connectivity index (χ1v) is 8.46. The van der Waals surface area contributed by atoms with E-state index >= 15 is 0 Å². The van der Waals surface area contributed by atoms with Gasteiger partial charge >= 0.3 is 6.09 Å². The number of piperidine rings is 1. The third-order valence-corrected chi connectivity index (χ3v) is 5.02. The SMILES string of the molecule is COC(OC(N)=O)C1CC(C)(C)N(Cc2ccccc2)C(C)(C)C1. The summed E-state index contributed by atoms with van der Waals surface area (Å²) in [7, 11) is 1.56. The minimum Gasteiger partial charge on any atom is -0.419 e. The summed E-state index contributed by atoms with van der Waals surface area (Å²) in [5.74, 6) is 0.111. The summed E-state index contributed by atoms with van der Waals surface area (Å²) in [6, 6.07) is 10.5. The zero-order valence-electron chi connectivity index (χ0n) is 15.4. The minimum atomic E-state index is -0.788. The average molecular weight is 334 g/mol. The van der Waals surface area contributed by atoms with Gasteiger partial charge in [-0.1, -0.05) is 30.3 Å². The normalized spacial score (nSPS) is 22.0. The molecule has 1 aliphatic heterocycles. The Labute approximate surface area is 145 Å². The molecule has 1 aromatic carbocycles. The van der Waals surface area contributed by atoms with Gasteiger partial charge in [0.2, 0.25) is 6.29 Å². The van der Waals surface area contributed by atoms with Crippen LogP contribution in [0.3, 0.4) is 0 Å². The van der Waals surface area contributed by atoms with Crippen LogP contribution in [0.5, 0.6) is 0 Å². The van der Waals surface area contributed by atoms with Crippen LogP contribution in [0, 0.1) is 5.92 Å². The Hall–Kier alpha value is -1.59. The van der Waals surface area contributed by atoms with Gasteiger partial charge in [0.1, 0.15) is 0 Å². The van der Waals surface area contributed by atoms with E-state index in [1.54, 1.807) is 7.11 Å². The van der Waals surface area contributed by atoms with Crippen molar-refractivity contribution in [3.05, 3.63) is 35.9 Å². The Morgan fingerprint density at radius 3 is 2.21 bits per heavy atom. The molecule has 1 unspecified atom stereocenters. The molecular formula is C19H30N2O3. The van der Waals surface area contributed by atoms with Gasteiger partial charge in [-0.25, -0.2) is 4.79 Å². The molecule has 0 aromatic heterocycles. The monoisotopic (exact) mass is 334 g/mol. The zero-order chi connectivity index (χ0) is 18.0. The van der Waals surface area contributed by atoms with Crippen molar-refractivity contribution in [3.8, 4) is 0 Å². The molecule has 0 bridgehead atoms. The second kappa shape index (κ2) is 7.11. The van der Waals surface area contributed by atoms with Crippen LogP contribution in [0.1, 0.15) is 46.1 Å². The number of nitrogens with two attached hydrogens (primary N) is 1. The number of ether oxygens (including phenoxy) is 2. The van der Waals surface area contributed by atoms with Crippen LogP contribution < -0.4 is 5.73 Å². The first-order valence-electron chi connectivity index (χ1n) is 8.46. The summed E-state index contributed by atoms with van der Waals surface area (Å²) in [6.45, 7) is 9.84. The van der Waals surface area contributed by atoms with E-state index in [1.165, 1.54) is 5.56 Å². The first-order chi connectivity index (χ1) is 11.2. The van der Waals surface area contributed by atoms with E-state index in [9.17, 15) is 4.79 Å². The molecule has 134 valence electrons. The molecule has 5 nitrogen and oxygen atoms in total. The molecule has 5 heteroatoms. The van der Waals surface area contributed by atoms with Crippen LogP contribution in [0.4, 0.5) is 4.79 Å². The molecule has 1 aliphatic rings.